The molecule has 1 aromatic carbocycles. The number of benzene rings is 1. The predicted octanol–water partition coefficient (Wildman–Crippen LogP) is 2.99. The van der Waals surface area contributed by atoms with E-state index in [1.165, 1.54) is 22.3 Å². The number of aryl methyl sites for hydroxylation is 2. The summed E-state index contributed by atoms with van der Waals surface area (Å²) in [5, 5.41) is 2.92. The van der Waals surface area contributed by atoms with E-state index in [0.29, 0.717) is 0 Å². The van der Waals surface area contributed by atoms with Crippen LogP contribution in [0.2, 0.25) is 0 Å². The van der Waals surface area contributed by atoms with Gasteiger partial charge in [-0.25, -0.2) is 17.9 Å². The highest BCUT2D eigenvalue weighted by Crippen LogP contribution is 2.38. The fourth-order valence-corrected chi connectivity index (χ4v) is 6.51. The first kappa shape index (κ1) is 19.7. The lowest BCUT2D eigenvalue weighted by molar-refractivity contribution is 0.171. The molecule has 1 fully saturated rings. The third-order valence-electron chi connectivity index (χ3n) is 6.53. The molecule has 1 aliphatic heterocycles. The first-order chi connectivity index (χ1) is 13.5. The molecule has 28 heavy (non-hydrogen) atoms. The molecule has 2 amide bonds. The van der Waals surface area contributed by atoms with E-state index in [9.17, 15) is 13.2 Å². The molecular formula is C21H31N3O3S. The highest BCUT2D eigenvalue weighted by molar-refractivity contribution is 7.90. The number of nitrogens with zero attached hydrogens (tertiary/aromatic N) is 1. The van der Waals surface area contributed by atoms with Crippen LogP contribution in [0, 0.1) is 0 Å². The molecule has 154 valence electrons. The number of urea groups is 1. The molecule has 4 rings (SSSR count). The second kappa shape index (κ2) is 8.03. The van der Waals surface area contributed by atoms with Gasteiger partial charge < -0.3 is 5.32 Å². The third-order valence-corrected chi connectivity index (χ3v) is 7.85. The molecule has 1 unspecified atom stereocenters. The van der Waals surface area contributed by atoms with Crippen molar-refractivity contribution in [3.63, 3.8) is 0 Å². The van der Waals surface area contributed by atoms with Crippen LogP contribution in [0.4, 0.5) is 10.5 Å². The first-order valence-electron chi connectivity index (χ1n) is 10.7. The largest absolute Gasteiger partial charge is 0.332 e. The average Bonchev–Trinajstić information content (AvgIpc) is 3.30. The Morgan fingerprint density at radius 3 is 2.39 bits per heavy atom. The van der Waals surface area contributed by atoms with Gasteiger partial charge in [-0.3, -0.25) is 4.90 Å². The first-order valence-corrected chi connectivity index (χ1v) is 12.3. The van der Waals surface area contributed by atoms with Gasteiger partial charge in [-0.1, -0.05) is 19.4 Å². The summed E-state index contributed by atoms with van der Waals surface area (Å²) in [5.74, 6) is -0.0146. The van der Waals surface area contributed by atoms with Gasteiger partial charge in [0.1, 0.15) is 0 Å². The maximum absolute atomic E-state index is 12.6. The van der Waals surface area contributed by atoms with Gasteiger partial charge in [-0.15, -0.1) is 0 Å². The van der Waals surface area contributed by atoms with E-state index in [0.717, 1.165) is 76.6 Å². The number of hydrogen-bond acceptors (Lipinski definition) is 4. The zero-order valence-corrected chi connectivity index (χ0v) is 17.5. The number of likely N-dealkylation sites (tertiary alicyclic amines) is 1. The number of rotatable bonds is 5. The molecule has 0 saturated carbocycles. The van der Waals surface area contributed by atoms with Gasteiger partial charge >= 0.3 is 6.03 Å². The molecule has 0 bridgehead atoms. The molecule has 6 nitrogen and oxygen atoms in total. The van der Waals surface area contributed by atoms with Crippen molar-refractivity contribution in [3.8, 4) is 0 Å². The van der Waals surface area contributed by atoms with E-state index in [1.807, 2.05) is 0 Å². The van der Waals surface area contributed by atoms with Crippen LogP contribution in [0.1, 0.15) is 61.3 Å². The second-order valence-corrected chi connectivity index (χ2v) is 10.1. The number of hydrogen-bond donors (Lipinski definition) is 2. The lowest BCUT2D eigenvalue weighted by Crippen LogP contribution is -2.47. The van der Waals surface area contributed by atoms with E-state index in [2.05, 4.69) is 27.9 Å². The quantitative estimate of drug-likeness (QED) is 0.789. The van der Waals surface area contributed by atoms with Crippen LogP contribution in [0.5, 0.6) is 0 Å². The van der Waals surface area contributed by atoms with E-state index >= 15 is 0 Å². The van der Waals surface area contributed by atoms with Crippen molar-refractivity contribution in [2.75, 3.05) is 24.2 Å². The maximum Gasteiger partial charge on any atom is 0.332 e. The van der Waals surface area contributed by atoms with Crippen LogP contribution < -0.4 is 10.0 Å². The van der Waals surface area contributed by atoms with Crippen molar-refractivity contribution in [2.45, 2.75) is 70.8 Å². The molecule has 0 aromatic heterocycles. The Hall–Kier alpha value is -1.60. The summed E-state index contributed by atoms with van der Waals surface area (Å²) in [4.78, 5) is 14.8. The topological polar surface area (TPSA) is 78.5 Å². The van der Waals surface area contributed by atoms with Gasteiger partial charge in [0.05, 0.1) is 5.75 Å². The summed E-state index contributed by atoms with van der Waals surface area (Å²) in [6.45, 7) is 3.83. The summed E-state index contributed by atoms with van der Waals surface area (Å²) >= 11 is 0. The number of sulfonamides is 1. The van der Waals surface area contributed by atoms with Gasteiger partial charge in [0.15, 0.2) is 0 Å². The van der Waals surface area contributed by atoms with Gasteiger partial charge in [0.25, 0.3) is 0 Å². The molecule has 0 spiro atoms. The Labute approximate surface area is 168 Å². The highest BCUT2D eigenvalue weighted by atomic mass is 32.2. The molecule has 0 radical (unpaired) electrons. The van der Waals surface area contributed by atoms with Crippen LogP contribution in [-0.2, 0) is 35.7 Å². The van der Waals surface area contributed by atoms with Gasteiger partial charge in [0.2, 0.25) is 10.0 Å². The Morgan fingerprint density at radius 2 is 1.75 bits per heavy atom. The van der Waals surface area contributed by atoms with Crippen molar-refractivity contribution in [3.05, 3.63) is 28.3 Å². The number of anilines is 1. The van der Waals surface area contributed by atoms with Crippen LogP contribution in [0.25, 0.3) is 0 Å². The Morgan fingerprint density at radius 1 is 1.07 bits per heavy atom. The van der Waals surface area contributed by atoms with Gasteiger partial charge in [-0.2, -0.15) is 0 Å². The van der Waals surface area contributed by atoms with Crippen molar-refractivity contribution >= 4 is 21.7 Å². The zero-order chi connectivity index (χ0) is 19.7. The molecule has 2 aliphatic carbocycles. The standard InChI is InChI=1S/C21H31N3O3S/c1-2-24-12-4-3-9-17(24)14-28(26,27)23-21(25)22-20-18-10-5-7-15(18)13-16-8-6-11-19(16)20/h13,17H,2-12,14H2,1H3,(H2,22,23,25). The van der Waals surface area contributed by atoms with E-state index in [1.54, 1.807) is 0 Å². The Kier molecular flexibility index (Phi) is 5.65. The molecule has 2 N–H and O–H groups in total. The molecule has 1 saturated heterocycles. The van der Waals surface area contributed by atoms with Crippen molar-refractivity contribution in [2.24, 2.45) is 0 Å². The third kappa shape index (κ3) is 4.06. The second-order valence-electron chi connectivity index (χ2n) is 8.35. The monoisotopic (exact) mass is 405 g/mol. The van der Waals surface area contributed by atoms with Gasteiger partial charge in [-0.05, 0) is 86.7 Å². The summed E-state index contributed by atoms with van der Waals surface area (Å²) < 4.78 is 27.5. The summed E-state index contributed by atoms with van der Waals surface area (Å²) in [7, 11) is -3.68. The number of carbonyl (C=O) groups is 1. The van der Waals surface area contributed by atoms with Crippen LogP contribution >= 0.6 is 0 Å². The Bertz CT molecular complexity index is 834. The minimum Gasteiger partial charge on any atom is -0.307 e. The smallest absolute Gasteiger partial charge is 0.307 e. The van der Waals surface area contributed by atoms with Crippen LogP contribution in [0.3, 0.4) is 0 Å². The van der Waals surface area contributed by atoms with Crippen molar-refractivity contribution < 1.29 is 13.2 Å². The van der Waals surface area contributed by atoms with Crippen molar-refractivity contribution in [1.29, 1.82) is 0 Å². The van der Waals surface area contributed by atoms with Crippen molar-refractivity contribution in [1.82, 2.24) is 9.62 Å². The van der Waals surface area contributed by atoms with E-state index < -0.39 is 16.1 Å². The zero-order valence-electron chi connectivity index (χ0n) is 16.7. The number of amides is 2. The lowest BCUT2D eigenvalue weighted by atomic mass is 9.99. The number of nitrogens with one attached hydrogen (secondary N) is 2. The minimum atomic E-state index is -3.68. The highest BCUT2D eigenvalue weighted by Gasteiger charge is 2.29. The minimum absolute atomic E-state index is 0.00531. The van der Waals surface area contributed by atoms with Crippen LogP contribution in [-0.4, -0.2) is 44.2 Å². The van der Waals surface area contributed by atoms with E-state index in [-0.39, 0.29) is 11.8 Å². The summed E-state index contributed by atoms with van der Waals surface area (Å²) in [6, 6.07) is 1.68. The lowest BCUT2D eigenvalue weighted by Gasteiger charge is -2.34. The Balaban J connectivity index is 1.46. The molecule has 1 atom stereocenters. The fourth-order valence-electron chi connectivity index (χ4n) is 5.21. The molecule has 1 heterocycles. The normalized spacial score (nSPS) is 22.0. The SMILES string of the molecule is CCN1CCCCC1CS(=O)(=O)NC(=O)Nc1c2c(cc3c1CCC3)CCC2. The predicted molar refractivity (Wildman–Crippen MR) is 111 cm³/mol. The summed E-state index contributed by atoms with van der Waals surface area (Å²) in [5.41, 5.74) is 5.93. The molecule has 3 aliphatic rings. The fraction of sp³-hybridized carbons (Fsp3) is 0.667. The molecular weight excluding hydrogens is 374 g/mol. The van der Waals surface area contributed by atoms with Gasteiger partial charge in [0, 0.05) is 11.7 Å². The number of piperidine rings is 1. The number of carbonyl (C=O) groups excluding carboxylic acids is 1. The van der Waals surface area contributed by atoms with E-state index in [4.69, 9.17) is 0 Å². The maximum atomic E-state index is 12.6. The summed E-state index contributed by atoms with van der Waals surface area (Å²) in [6.07, 6.45) is 9.24. The average molecular weight is 406 g/mol. The molecule has 1 aromatic rings. The van der Waals surface area contributed by atoms with Crippen LogP contribution in [0.15, 0.2) is 6.07 Å². The number of fused-ring (bicyclic) bond motifs is 2. The molecule has 7 heteroatoms.